The van der Waals surface area contributed by atoms with Gasteiger partial charge in [-0.3, -0.25) is 0 Å². The van der Waals surface area contributed by atoms with Gasteiger partial charge in [-0.1, -0.05) is 30.3 Å². The first-order valence-corrected chi connectivity index (χ1v) is 3.95. The maximum atomic E-state index is 10.5. The summed E-state index contributed by atoms with van der Waals surface area (Å²) >= 11 is 0. The molecular weight excluding hydrogens is 152 g/mol. The molecule has 0 saturated carbocycles. The summed E-state index contributed by atoms with van der Waals surface area (Å²) in [5, 5.41) is 0. The SMILES string of the molecule is CC1(C=O)OC1c1ccccc1. The summed E-state index contributed by atoms with van der Waals surface area (Å²) in [6, 6.07) is 9.79. The lowest BCUT2D eigenvalue weighted by Gasteiger charge is -1.94. The van der Waals surface area contributed by atoms with Gasteiger partial charge in [-0.2, -0.15) is 0 Å². The number of benzene rings is 1. The molecule has 1 aromatic carbocycles. The lowest BCUT2D eigenvalue weighted by Crippen LogP contribution is -2.06. The van der Waals surface area contributed by atoms with E-state index in [0.29, 0.717) is 0 Å². The standard InChI is InChI=1S/C10H10O2/c1-10(7-11)9(12-10)8-5-3-2-4-6-8/h2-7,9H,1H3. The predicted molar refractivity (Wildman–Crippen MR) is 44.7 cm³/mol. The minimum atomic E-state index is -0.568. The number of hydrogen-bond acceptors (Lipinski definition) is 2. The van der Waals surface area contributed by atoms with Crippen LogP contribution in [0.2, 0.25) is 0 Å². The van der Waals surface area contributed by atoms with E-state index in [-0.39, 0.29) is 6.10 Å². The highest BCUT2D eigenvalue weighted by molar-refractivity contribution is 5.68. The van der Waals surface area contributed by atoms with Crippen LogP contribution in [-0.4, -0.2) is 11.9 Å². The fourth-order valence-electron chi connectivity index (χ4n) is 1.34. The van der Waals surface area contributed by atoms with Crippen LogP contribution in [0.3, 0.4) is 0 Å². The van der Waals surface area contributed by atoms with E-state index in [1.165, 1.54) is 0 Å². The Kier molecular flexibility index (Phi) is 1.51. The maximum absolute atomic E-state index is 10.5. The first-order valence-electron chi connectivity index (χ1n) is 3.95. The van der Waals surface area contributed by atoms with E-state index in [4.69, 9.17) is 4.74 Å². The molecule has 12 heavy (non-hydrogen) atoms. The van der Waals surface area contributed by atoms with Gasteiger partial charge in [-0.05, 0) is 12.5 Å². The second-order valence-electron chi connectivity index (χ2n) is 3.21. The van der Waals surface area contributed by atoms with Gasteiger partial charge in [0.25, 0.3) is 0 Å². The molecule has 0 N–H and O–H groups in total. The van der Waals surface area contributed by atoms with Crippen LogP contribution < -0.4 is 0 Å². The van der Waals surface area contributed by atoms with E-state index < -0.39 is 5.60 Å². The van der Waals surface area contributed by atoms with E-state index in [0.717, 1.165) is 11.8 Å². The molecule has 1 aliphatic heterocycles. The van der Waals surface area contributed by atoms with Crippen molar-refractivity contribution in [1.29, 1.82) is 0 Å². The summed E-state index contributed by atoms with van der Waals surface area (Å²) in [7, 11) is 0. The summed E-state index contributed by atoms with van der Waals surface area (Å²) in [6.45, 7) is 1.80. The number of epoxide rings is 1. The van der Waals surface area contributed by atoms with E-state index in [2.05, 4.69) is 0 Å². The Hall–Kier alpha value is -1.15. The number of rotatable bonds is 2. The van der Waals surface area contributed by atoms with Crippen LogP contribution in [0.5, 0.6) is 0 Å². The fourth-order valence-corrected chi connectivity index (χ4v) is 1.34. The average Bonchev–Trinajstić information content (AvgIpc) is 2.81. The lowest BCUT2D eigenvalue weighted by molar-refractivity contribution is -0.111. The Bertz CT molecular complexity index is 294. The largest absolute Gasteiger partial charge is 0.353 e. The molecule has 2 nitrogen and oxygen atoms in total. The highest BCUT2D eigenvalue weighted by atomic mass is 16.6. The molecule has 0 amide bonds. The van der Waals surface area contributed by atoms with Crippen LogP contribution in [0.4, 0.5) is 0 Å². The molecule has 1 saturated heterocycles. The van der Waals surface area contributed by atoms with E-state index >= 15 is 0 Å². The van der Waals surface area contributed by atoms with E-state index in [9.17, 15) is 4.79 Å². The topological polar surface area (TPSA) is 29.6 Å². The van der Waals surface area contributed by atoms with Crippen molar-refractivity contribution >= 4 is 6.29 Å². The molecule has 2 rings (SSSR count). The molecule has 2 unspecified atom stereocenters. The van der Waals surface area contributed by atoms with Crippen LogP contribution >= 0.6 is 0 Å². The summed E-state index contributed by atoms with van der Waals surface area (Å²) < 4.78 is 5.27. The van der Waals surface area contributed by atoms with E-state index in [1.54, 1.807) is 6.92 Å². The molecule has 0 aromatic heterocycles. The third kappa shape index (κ3) is 1.04. The van der Waals surface area contributed by atoms with Crippen LogP contribution in [0.1, 0.15) is 18.6 Å². The van der Waals surface area contributed by atoms with Crippen molar-refractivity contribution in [2.24, 2.45) is 0 Å². The van der Waals surface area contributed by atoms with Gasteiger partial charge in [0.1, 0.15) is 6.10 Å². The van der Waals surface area contributed by atoms with Crippen molar-refractivity contribution in [3.05, 3.63) is 35.9 Å². The van der Waals surface area contributed by atoms with Gasteiger partial charge in [0.2, 0.25) is 0 Å². The molecule has 2 atom stereocenters. The van der Waals surface area contributed by atoms with Crippen molar-refractivity contribution in [2.75, 3.05) is 0 Å². The third-order valence-electron chi connectivity index (χ3n) is 2.17. The zero-order valence-electron chi connectivity index (χ0n) is 6.86. The van der Waals surface area contributed by atoms with E-state index in [1.807, 2.05) is 30.3 Å². The Morgan fingerprint density at radius 2 is 2.08 bits per heavy atom. The van der Waals surface area contributed by atoms with Gasteiger partial charge in [0.15, 0.2) is 11.9 Å². The molecule has 1 fully saturated rings. The Balaban J connectivity index is 2.21. The normalized spacial score (nSPS) is 32.9. The molecule has 0 radical (unpaired) electrons. The number of hydrogen-bond donors (Lipinski definition) is 0. The second kappa shape index (κ2) is 2.42. The summed E-state index contributed by atoms with van der Waals surface area (Å²) in [4.78, 5) is 10.5. The third-order valence-corrected chi connectivity index (χ3v) is 2.17. The molecule has 0 aliphatic carbocycles. The number of ether oxygens (including phenoxy) is 1. The zero-order chi connectivity index (χ0) is 8.60. The predicted octanol–water partition coefficient (Wildman–Crippen LogP) is 1.72. The minimum absolute atomic E-state index is 0.0313. The summed E-state index contributed by atoms with van der Waals surface area (Å²) in [6.07, 6.45) is 0.834. The van der Waals surface area contributed by atoms with Gasteiger partial charge in [0.05, 0.1) is 0 Å². The smallest absolute Gasteiger partial charge is 0.154 e. The zero-order valence-corrected chi connectivity index (χ0v) is 6.86. The van der Waals surface area contributed by atoms with Crippen molar-refractivity contribution in [3.8, 4) is 0 Å². The number of carbonyl (C=O) groups is 1. The lowest BCUT2D eigenvalue weighted by atomic mass is 10.0. The summed E-state index contributed by atoms with van der Waals surface area (Å²) in [5.74, 6) is 0. The minimum Gasteiger partial charge on any atom is -0.353 e. The summed E-state index contributed by atoms with van der Waals surface area (Å²) in [5.41, 5.74) is 0.508. The first kappa shape index (κ1) is 7.50. The van der Waals surface area contributed by atoms with Gasteiger partial charge < -0.3 is 9.53 Å². The monoisotopic (exact) mass is 162 g/mol. The van der Waals surface area contributed by atoms with Gasteiger partial charge in [-0.25, -0.2) is 0 Å². The molecule has 2 heteroatoms. The highest BCUT2D eigenvalue weighted by Gasteiger charge is 2.53. The Morgan fingerprint density at radius 3 is 2.58 bits per heavy atom. The van der Waals surface area contributed by atoms with Crippen LogP contribution in [-0.2, 0) is 9.53 Å². The molecule has 1 aliphatic rings. The van der Waals surface area contributed by atoms with Crippen molar-refractivity contribution in [2.45, 2.75) is 18.6 Å². The fraction of sp³-hybridized carbons (Fsp3) is 0.300. The molecule has 62 valence electrons. The van der Waals surface area contributed by atoms with Crippen molar-refractivity contribution < 1.29 is 9.53 Å². The maximum Gasteiger partial charge on any atom is 0.154 e. The Morgan fingerprint density at radius 1 is 1.42 bits per heavy atom. The number of carbonyl (C=O) groups excluding carboxylic acids is 1. The van der Waals surface area contributed by atoms with Crippen molar-refractivity contribution in [1.82, 2.24) is 0 Å². The van der Waals surface area contributed by atoms with Gasteiger partial charge >= 0.3 is 0 Å². The molecule has 0 bridgehead atoms. The molecule has 1 aromatic rings. The van der Waals surface area contributed by atoms with Crippen molar-refractivity contribution in [3.63, 3.8) is 0 Å². The molecular formula is C10H10O2. The van der Waals surface area contributed by atoms with Crippen LogP contribution in [0.25, 0.3) is 0 Å². The van der Waals surface area contributed by atoms with Gasteiger partial charge in [0, 0.05) is 0 Å². The number of aldehydes is 1. The molecule has 0 spiro atoms. The quantitative estimate of drug-likeness (QED) is 0.489. The van der Waals surface area contributed by atoms with Crippen LogP contribution in [0, 0.1) is 0 Å². The Labute approximate surface area is 71.2 Å². The first-order chi connectivity index (χ1) is 5.76. The van der Waals surface area contributed by atoms with Gasteiger partial charge in [-0.15, -0.1) is 0 Å². The van der Waals surface area contributed by atoms with Crippen LogP contribution in [0.15, 0.2) is 30.3 Å². The molecule has 1 heterocycles. The second-order valence-corrected chi connectivity index (χ2v) is 3.21. The highest BCUT2D eigenvalue weighted by Crippen LogP contribution is 2.47. The average molecular weight is 162 g/mol.